The largest absolute Gasteiger partial charge is 0.304 e. The van der Waals surface area contributed by atoms with Gasteiger partial charge < -0.3 is 4.90 Å². The third kappa shape index (κ3) is 6.03. The van der Waals surface area contributed by atoms with E-state index in [1.807, 2.05) is 12.1 Å². The van der Waals surface area contributed by atoms with E-state index in [9.17, 15) is 40.0 Å². The van der Waals surface area contributed by atoms with Crippen molar-refractivity contribution < 1.29 is 49.6 Å². The third-order valence-corrected chi connectivity index (χ3v) is 10.2. The predicted molar refractivity (Wildman–Crippen MR) is 148 cm³/mol. The van der Waals surface area contributed by atoms with Crippen molar-refractivity contribution in [1.29, 1.82) is 0 Å². The molecule has 0 radical (unpaired) electrons. The van der Waals surface area contributed by atoms with Gasteiger partial charge in [-0.1, -0.05) is 43.5 Å². The van der Waals surface area contributed by atoms with Crippen LogP contribution in [0.3, 0.4) is 0 Å². The van der Waals surface area contributed by atoms with E-state index in [1.165, 1.54) is 5.48 Å². The highest BCUT2D eigenvalue weighted by Gasteiger charge is 2.48. The molecule has 45 heavy (non-hydrogen) atoms. The molecule has 3 aromatic rings. The van der Waals surface area contributed by atoms with Gasteiger partial charge in [-0.15, -0.1) is 0 Å². The first-order valence-electron chi connectivity index (χ1n) is 14.0. The number of hydroxylamine groups is 1. The van der Waals surface area contributed by atoms with Crippen molar-refractivity contribution in [1.82, 2.24) is 9.79 Å². The summed E-state index contributed by atoms with van der Waals surface area (Å²) in [6.07, 6.45) is 5.20. The number of hydrogen-bond acceptors (Lipinski definition) is 5. The second-order valence-corrected chi connectivity index (χ2v) is 12.8. The maximum atomic E-state index is 15.4. The average Bonchev–Trinajstić information content (AvgIpc) is 3.01. The van der Waals surface area contributed by atoms with Gasteiger partial charge in [-0.05, 0) is 54.5 Å². The molecule has 1 aliphatic heterocycles. The fraction of sp³-hybridized carbons (Fsp3) is 0.333. The Balaban J connectivity index is 1.49. The Kier molecular flexibility index (Phi) is 9.23. The normalized spacial score (nSPS) is 17.5. The van der Waals surface area contributed by atoms with Crippen molar-refractivity contribution in [2.24, 2.45) is 0 Å². The number of amides is 2. The molecule has 8 nitrogen and oxygen atoms in total. The Morgan fingerprint density at radius 2 is 1.44 bits per heavy atom. The highest BCUT2D eigenvalue weighted by atomic mass is 32.2. The van der Waals surface area contributed by atoms with Crippen LogP contribution in [-0.4, -0.2) is 42.3 Å². The van der Waals surface area contributed by atoms with Crippen LogP contribution in [0.4, 0.5) is 32.0 Å². The second kappa shape index (κ2) is 12.8. The molecule has 1 atom stereocenters. The Morgan fingerprint density at radius 1 is 0.844 bits per heavy atom. The quantitative estimate of drug-likeness (QED) is 0.107. The van der Waals surface area contributed by atoms with E-state index in [1.54, 1.807) is 12.1 Å². The molecular weight excluding hydrogens is 628 g/mol. The van der Waals surface area contributed by atoms with E-state index < -0.39 is 79.9 Å². The van der Waals surface area contributed by atoms with Gasteiger partial charge in [0.05, 0.1) is 12.2 Å². The molecule has 2 aliphatic rings. The lowest BCUT2D eigenvalue weighted by atomic mass is 9.84. The maximum Gasteiger partial charge on any atom is 0.274 e. The second-order valence-electron chi connectivity index (χ2n) is 10.9. The molecule has 240 valence electrons. The minimum Gasteiger partial charge on any atom is -0.304 e. The first-order valence-corrected chi connectivity index (χ1v) is 15.5. The fourth-order valence-corrected chi connectivity index (χ4v) is 7.48. The van der Waals surface area contributed by atoms with Crippen LogP contribution in [0.15, 0.2) is 47.4 Å². The van der Waals surface area contributed by atoms with Gasteiger partial charge in [-0.25, -0.2) is 40.2 Å². The number of benzene rings is 3. The molecule has 5 rings (SSSR count). The van der Waals surface area contributed by atoms with Gasteiger partial charge in [0, 0.05) is 12.1 Å². The summed E-state index contributed by atoms with van der Waals surface area (Å²) in [5.41, 5.74) is 2.24. The van der Waals surface area contributed by atoms with Crippen molar-refractivity contribution in [3.05, 3.63) is 94.1 Å². The van der Waals surface area contributed by atoms with Crippen LogP contribution in [0.2, 0.25) is 0 Å². The molecule has 3 aromatic carbocycles. The van der Waals surface area contributed by atoms with Gasteiger partial charge in [-0.3, -0.25) is 14.8 Å². The zero-order valence-corrected chi connectivity index (χ0v) is 24.3. The van der Waals surface area contributed by atoms with E-state index in [2.05, 4.69) is 0 Å². The fourth-order valence-electron chi connectivity index (χ4n) is 5.73. The van der Waals surface area contributed by atoms with Gasteiger partial charge in [-0.2, -0.15) is 4.31 Å². The molecule has 0 bridgehead atoms. The number of halogens is 6. The summed E-state index contributed by atoms with van der Waals surface area (Å²) in [4.78, 5) is 24.4. The number of carbonyl (C=O) groups is 2. The molecule has 1 saturated heterocycles. The summed E-state index contributed by atoms with van der Waals surface area (Å²) in [6, 6.07) is 8.39. The summed E-state index contributed by atoms with van der Waals surface area (Å²) < 4.78 is 112. The van der Waals surface area contributed by atoms with E-state index in [0.29, 0.717) is 11.5 Å². The van der Waals surface area contributed by atoms with Crippen LogP contribution in [0.5, 0.6) is 0 Å². The van der Waals surface area contributed by atoms with Gasteiger partial charge in [0.1, 0.15) is 11.9 Å². The van der Waals surface area contributed by atoms with Crippen LogP contribution in [-0.2, 0) is 21.4 Å². The van der Waals surface area contributed by atoms with Gasteiger partial charge in [0.2, 0.25) is 21.7 Å². The van der Waals surface area contributed by atoms with E-state index in [4.69, 9.17) is 5.21 Å². The summed E-state index contributed by atoms with van der Waals surface area (Å²) in [5, 5.41) is 8.89. The first-order chi connectivity index (χ1) is 21.4. The minimum atomic E-state index is -5.44. The summed E-state index contributed by atoms with van der Waals surface area (Å²) in [5.74, 6) is -15.5. The molecule has 1 heterocycles. The standard InChI is InChI=1S/C30H27F6N3O5S/c31-20-14-19(29(40)37-42)10-11-21(20)38(15-16-6-8-18(9-7-16)17-4-2-1-3-5-17)30(41)22-12-13-39(22)45(43,44)28-26(35)24(33)23(32)25(34)27(28)36/h6-11,14,17,22,42H,1-5,12-13,15H2,(H,37,40). The van der Waals surface area contributed by atoms with Crippen LogP contribution < -0.4 is 10.4 Å². The molecule has 0 aromatic heterocycles. The lowest BCUT2D eigenvalue weighted by Gasteiger charge is -2.41. The molecule has 15 heteroatoms. The highest BCUT2D eigenvalue weighted by molar-refractivity contribution is 7.89. The molecule has 2 amide bonds. The average molecular weight is 656 g/mol. The van der Waals surface area contributed by atoms with Crippen LogP contribution >= 0.6 is 0 Å². The number of sulfonamides is 1. The smallest absolute Gasteiger partial charge is 0.274 e. The summed E-state index contributed by atoms with van der Waals surface area (Å²) >= 11 is 0. The van der Waals surface area contributed by atoms with Gasteiger partial charge >= 0.3 is 0 Å². The Labute approximate surface area is 254 Å². The van der Waals surface area contributed by atoms with Crippen molar-refractivity contribution in [3.8, 4) is 0 Å². The molecular formula is C30H27F6N3O5S. The molecule has 0 spiro atoms. The van der Waals surface area contributed by atoms with Gasteiger partial charge in [0.15, 0.2) is 28.2 Å². The number of anilines is 1. The number of nitrogens with zero attached hydrogens (tertiary/aromatic N) is 2. The molecule has 2 N–H and O–H groups in total. The number of rotatable bonds is 8. The van der Waals surface area contributed by atoms with Crippen LogP contribution in [0, 0.1) is 34.9 Å². The monoisotopic (exact) mass is 655 g/mol. The van der Waals surface area contributed by atoms with E-state index >= 15 is 4.39 Å². The molecule has 1 unspecified atom stereocenters. The highest BCUT2D eigenvalue weighted by Crippen LogP contribution is 2.36. The molecule has 1 aliphatic carbocycles. The van der Waals surface area contributed by atoms with Crippen LogP contribution in [0.1, 0.15) is 65.9 Å². The lowest BCUT2D eigenvalue weighted by molar-refractivity contribution is -0.125. The van der Waals surface area contributed by atoms with Gasteiger partial charge in [0.25, 0.3) is 5.91 Å². The Hall–Kier alpha value is -3.95. The van der Waals surface area contributed by atoms with E-state index in [-0.39, 0.29) is 22.8 Å². The van der Waals surface area contributed by atoms with Crippen molar-refractivity contribution >= 4 is 27.5 Å². The Morgan fingerprint density at radius 3 is 1.98 bits per heavy atom. The van der Waals surface area contributed by atoms with Crippen LogP contribution in [0.25, 0.3) is 0 Å². The molecule has 2 fully saturated rings. The van der Waals surface area contributed by atoms with Crippen molar-refractivity contribution in [2.75, 3.05) is 11.4 Å². The van der Waals surface area contributed by atoms with Crippen molar-refractivity contribution in [3.63, 3.8) is 0 Å². The topological polar surface area (TPSA) is 107 Å². The lowest BCUT2D eigenvalue weighted by Crippen LogP contribution is -2.59. The minimum absolute atomic E-state index is 0.211. The number of nitrogens with one attached hydrogen (secondary N) is 1. The third-order valence-electron chi connectivity index (χ3n) is 8.26. The summed E-state index contributed by atoms with van der Waals surface area (Å²) in [6.45, 7) is -0.806. The zero-order chi connectivity index (χ0) is 32.6. The van der Waals surface area contributed by atoms with Crippen molar-refractivity contribution in [2.45, 2.75) is 61.9 Å². The first kappa shape index (κ1) is 32.4. The SMILES string of the molecule is O=C(NO)c1ccc(N(Cc2ccc(C3CCCCC3)cc2)C(=O)C2CCN2S(=O)(=O)c2c(F)c(F)c(F)c(F)c2F)c(F)c1. The predicted octanol–water partition coefficient (Wildman–Crippen LogP) is 5.68. The number of carbonyl (C=O) groups excluding carboxylic acids is 2. The maximum absolute atomic E-state index is 15.4. The Bertz CT molecular complexity index is 1720. The summed E-state index contributed by atoms with van der Waals surface area (Å²) in [7, 11) is -5.44. The number of hydrogen-bond donors (Lipinski definition) is 2. The molecule has 1 saturated carbocycles. The van der Waals surface area contributed by atoms with E-state index in [0.717, 1.165) is 60.8 Å². The zero-order valence-electron chi connectivity index (χ0n) is 23.5.